The molecule has 0 atom stereocenters. The number of nitrogens with zero attached hydrogens (tertiary/aromatic N) is 1. The Hall–Kier alpha value is -2.22. The number of nitrogen functional groups attached to an aromatic ring is 1. The first kappa shape index (κ1) is 14.2. The van der Waals surface area contributed by atoms with Gasteiger partial charge in [-0.3, -0.25) is 10.1 Å². The Morgan fingerprint density at radius 3 is 2.30 bits per heavy atom. The highest BCUT2D eigenvalue weighted by molar-refractivity contribution is 9.10. The molecule has 0 saturated heterocycles. The maximum Gasteiger partial charge on any atom is 0.271 e. The third-order valence-corrected chi connectivity index (χ3v) is 2.97. The summed E-state index contributed by atoms with van der Waals surface area (Å²) < 4.78 is 27.6. The Balaban J connectivity index is 2.38. The van der Waals surface area contributed by atoms with Crippen molar-refractivity contribution in [2.24, 2.45) is 0 Å². The van der Waals surface area contributed by atoms with Crippen LogP contribution in [-0.4, -0.2) is 4.92 Å². The lowest BCUT2D eigenvalue weighted by molar-refractivity contribution is -0.384. The molecule has 2 aromatic carbocycles. The Kier molecular flexibility index (Phi) is 3.84. The lowest BCUT2D eigenvalue weighted by Crippen LogP contribution is -2.01. The molecule has 0 aliphatic carbocycles. The van der Waals surface area contributed by atoms with Gasteiger partial charge in [0.05, 0.1) is 16.3 Å². The predicted molar refractivity (Wildman–Crippen MR) is 74.8 cm³/mol. The van der Waals surface area contributed by atoms with Gasteiger partial charge < -0.3 is 11.1 Å². The van der Waals surface area contributed by atoms with Crippen molar-refractivity contribution in [2.75, 3.05) is 11.1 Å². The van der Waals surface area contributed by atoms with E-state index in [2.05, 4.69) is 21.2 Å². The summed E-state index contributed by atoms with van der Waals surface area (Å²) in [5, 5.41) is 13.1. The van der Waals surface area contributed by atoms with Crippen LogP contribution in [0.5, 0.6) is 0 Å². The molecule has 0 aliphatic heterocycles. The van der Waals surface area contributed by atoms with E-state index in [-0.39, 0.29) is 27.2 Å². The number of nitro benzene ring substituents is 1. The molecule has 8 heteroatoms. The number of nitrogens with one attached hydrogen (secondary N) is 1. The number of hydrogen-bond acceptors (Lipinski definition) is 4. The van der Waals surface area contributed by atoms with E-state index in [1.807, 2.05) is 0 Å². The molecular weight excluding hydrogens is 336 g/mol. The molecule has 2 aromatic rings. The maximum atomic E-state index is 13.7. The van der Waals surface area contributed by atoms with Crippen molar-refractivity contribution in [1.82, 2.24) is 0 Å². The van der Waals surface area contributed by atoms with Crippen LogP contribution in [0.3, 0.4) is 0 Å². The van der Waals surface area contributed by atoms with Crippen LogP contribution in [-0.2, 0) is 0 Å². The van der Waals surface area contributed by atoms with E-state index in [0.29, 0.717) is 0 Å². The van der Waals surface area contributed by atoms with E-state index in [1.165, 1.54) is 12.1 Å². The number of hydrogen-bond donors (Lipinski definition) is 2. The van der Waals surface area contributed by atoms with Crippen molar-refractivity contribution < 1.29 is 13.7 Å². The molecule has 0 bridgehead atoms. The fourth-order valence-electron chi connectivity index (χ4n) is 1.57. The van der Waals surface area contributed by atoms with Gasteiger partial charge in [-0.2, -0.15) is 0 Å². The second kappa shape index (κ2) is 5.41. The van der Waals surface area contributed by atoms with Gasteiger partial charge >= 0.3 is 0 Å². The van der Waals surface area contributed by atoms with E-state index in [9.17, 15) is 18.9 Å². The Labute approximate surface area is 120 Å². The Bertz CT molecular complexity index is 671. The number of benzene rings is 2. The van der Waals surface area contributed by atoms with Crippen LogP contribution in [0.25, 0.3) is 0 Å². The van der Waals surface area contributed by atoms with Gasteiger partial charge in [0.15, 0.2) is 11.6 Å². The summed E-state index contributed by atoms with van der Waals surface area (Å²) >= 11 is 2.97. The largest absolute Gasteiger partial charge is 0.397 e. The Morgan fingerprint density at radius 2 is 1.80 bits per heavy atom. The van der Waals surface area contributed by atoms with Crippen LogP contribution in [0.4, 0.5) is 31.5 Å². The van der Waals surface area contributed by atoms with Crippen molar-refractivity contribution >= 4 is 38.7 Å². The molecule has 0 heterocycles. The molecule has 0 unspecified atom stereocenters. The van der Waals surface area contributed by atoms with Crippen LogP contribution in [0.2, 0.25) is 0 Å². The fourth-order valence-corrected chi connectivity index (χ4v) is 1.98. The average Bonchev–Trinajstić information content (AvgIpc) is 2.34. The van der Waals surface area contributed by atoms with Crippen molar-refractivity contribution in [3.05, 3.63) is 56.6 Å². The lowest BCUT2D eigenvalue weighted by atomic mass is 10.2. The normalized spacial score (nSPS) is 10.3. The second-order valence-corrected chi connectivity index (χ2v) is 4.81. The van der Waals surface area contributed by atoms with Gasteiger partial charge in [0.25, 0.3) is 5.69 Å². The van der Waals surface area contributed by atoms with E-state index in [0.717, 1.165) is 18.2 Å². The summed E-state index contributed by atoms with van der Waals surface area (Å²) in [6.45, 7) is 0. The molecule has 0 aliphatic rings. The van der Waals surface area contributed by atoms with Gasteiger partial charge in [0.2, 0.25) is 0 Å². The Morgan fingerprint density at radius 1 is 1.20 bits per heavy atom. The minimum Gasteiger partial charge on any atom is -0.397 e. The lowest BCUT2D eigenvalue weighted by Gasteiger charge is -2.11. The molecule has 3 N–H and O–H groups in total. The standard InChI is InChI=1S/C12H8BrF2N3O2/c13-6-3-8(14)12(9(15)4-6)17-11-2-1-7(18(19)20)5-10(11)16/h1-5,17H,16H2. The molecule has 0 aromatic heterocycles. The highest BCUT2D eigenvalue weighted by Gasteiger charge is 2.14. The van der Waals surface area contributed by atoms with Crippen LogP contribution in [0.1, 0.15) is 0 Å². The number of anilines is 3. The summed E-state index contributed by atoms with van der Waals surface area (Å²) in [5.41, 5.74) is 5.22. The molecular formula is C12H8BrF2N3O2. The van der Waals surface area contributed by atoms with Crippen LogP contribution in [0, 0.1) is 21.7 Å². The number of nitrogens with two attached hydrogens (primary N) is 1. The summed E-state index contributed by atoms with van der Waals surface area (Å²) in [6, 6.07) is 5.76. The topological polar surface area (TPSA) is 81.2 Å². The number of non-ortho nitro benzene ring substituents is 1. The zero-order valence-electron chi connectivity index (χ0n) is 9.86. The van der Waals surface area contributed by atoms with E-state index >= 15 is 0 Å². The smallest absolute Gasteiger partial charge is 0.271 e. The summed E-state index contributed by atoms with van der Waals surface area (Å²) in [5.74, 6) is -1.62. The zero-order valence-corrected chi connectivity index (χ0v) is 11.4. The van der Waals surface area contributed by atoms with Crippen LogP contribution in [0.15, 0.2) is 34.8 Å². The average molecular weight is 344 g/mol. The van der Waals surface area contributed by atoms with E-state index in [1.54, 1.807) is 0 Å². The number of nitro groups is 1. The first-order chi connectivity index (χ1) is 9.38. The third-order valence-electron chi connectivity index (χ3n) is 2.51. The molecule has 104 valence electrons. The first-order valence-electron chi connectivity index (χ1n) is 5.34. The minimum atomic E-state index is -0.811. The van der Waals surface area contributed by atoms with Gasteiger partial charge in [-0.05, 0) is 18.2 Å². The summed E-state index contributed by atoms with van der Waals surface area (Å²) in [6.07, 6.45) is 0. The SMILES string of the molecule is Nc1cc([N+](=O)[O-])ccc1Nc1c(F)cc(Br)cc1F. The monoisotopic (exact) mass is 343 g/mol. The molecule has 0 spiro atoms. The van der Waals surface area contributed by atoms with Gasteiger partial charge in [0, 0.05) is 16.6 Å². The van der Waals surface area contributed by atoms with Crippen molar-refractivity contribution in [1.29, 1.82) is 0 Å². The van der Waals surface area contributed by atoms with Crippen LogP contribution < -0.4 is 11.1 Å². The van der Waals surface area contributed by atoms with Gasteiger partial charge in [-0.25, -0.2) is 8.78 Å². The van der Waals surface area contributed by atoms with Gasteiger partial charge in [-0.1, -0.05) is 15.9 Å². The zero-order chi connectivity index (χ0) is 14.9. The first-order valence-corrected chi connectivity index (χ1v) is 6.13. The van der Waals surface area contributed by atoms with Gasteiger partial charge in [-0.15, -0.1) is 0 Å². The number of halogens is 3. The third kappa shape index (κ3) is 2.85. The molecule has 5 nitrogen and oxygen atoms in total. The predicted octanol–water partition coefficient (Wildman–Crippen LogP) is 3.96. The maximum absolute atomic E-state index is 13.7. The van der Waals surface area contributed by atoms with E-state index in [4.69, 9.17) is 5.73 Å². The summed E-state index contributed by atoms with van der Waals surface area (Å²) in [4.78, 5) is 9.96. The van der Waals surface area contributed by atoms with Crippen molar-refractivity contribution in [2.45, 2.75) is 0 Å². The molecule has 0 fully saturated rings. The summed E-state index contributed by atoms with van der Waals surface area (Å²) in [7, 11) is 0. The molecule has 2 rings (SSSR count). The minimum absolute atomic E-state index is 0.0147. The number of rotatable bonds is 3. The molecule has 20 heavy (non-hydrogen) atoms. The van der Waals surface area contributed by atoms with Gasteiger partial charge in [0.1, 0.15) is 5.69 Å². The fraction of sp³-hybridized carbons (Fsp3) is 0. The van der Waals surface area contributed by atoms with Crippen LogP contribution >= 0.6 is 15.9 Å². The second-order valence-electron chi connectivity index (χ2n) is 3.90. The highest BCUT2D eigenvalue weighted by Crippen LogP contribution is 2.31. The molecule has 0 saturated carbocycles. The molecule has 0 amide bonds. The van der Waals surface area contributed by atoms with Crippen molar-refractivity contribution in [3.8, 4) is 0 Å². The van der Waals surface area contributed by atoms with E-state index < -0.39 is 16.6 Å². The quantitative estimate of drug-likeness (QED) is 0.502. The molecule has 0 radical (unpaired) electrons. The highest BCUT2D eigenvalue weighted by atomic mass is 79.9. The van der Waals surface area contributed by atoms with Crippen molar-refractivity contribution in [3.63, 3.8) is 0 Å².